The highest BCUT2D eigenvalue weighted by Gasteiger charge is 2.48. The Balaban J connectivity index is 2.16. The van der Waals surface area contributed by atoms with Gasteiger partial charge in [0.25, 0.3) is 0 Å². The Kier molecular flexibility index (Phi) is 3.94. The number of rotatable bonds is 3. The summed E-state index contributed by atoms with van der Waals surface area (Å²) >= 11 is 0. The Morgan fingerprint density at radius 2 is 1.12 bits per heavy atom. The normalized spacial score (nSPS) is 27.9. The monoisotopic (exact) mass is 238 g/mol. The van der Waals surface area contributed by atoms with E-state index in [0.717, 1.165) is 51.4 Å². The summed E-state index contributed by atoms with van der Waals surface area (Å²) < 4.78 is 0. The van der Waals surface area contributed by atoms with Gasteiger partial charge >= 0.3 is 0 Å². The molecular formula is C15H26O2. The highest BCUT2D eigenvalue weighted by atomic mass is 16.3. The van der Waals surface area contributed by atoms with Crippen molar-refractivity contribution in [3.63, 3.8) is 0 Å². The van der Waals surface area contributed by atoms with E-state index in [9.17, 15) is 10.2 Å². The lowest BCUT2D eigenvalue weighted by molar-refractivity contribution is -0.134. The van der Waals surface area contributed by atoms with Crippen molar-refractivity contribution in [3.05, 3.63) is 12.7 Å². The smallest absolute Gasteiger partial charge is 0.0737 e. The van der Waals surface area contributed by atoms with Gasteiger partial charge < -0.3 is 10.2 Å². The van der Waals surface area contributed by atoms with Crippen molar-refractivity contribution in [1.82, 2.24) is 0 Å². The average Bonchev–Trinajstić information content (AvgIpc) is 2.31. The van der Waals surface area contributed by atoms with E-state index >= 15 is 0 Å². The minimum atomic E-state index is -0.702. The van der Waals surface area contributed by atoms with Crippen LogP contribution in [0.5, 0.6) is 0 Å². The summed E-state index contributed by atoms with van der Waals surface area (Å²) in [7, 11) is 0. The maximum absolute atomic E-state index is 10.8. The molecule has 0 saturated heterocycles. The molecule has 0 bridgehead atoms. The quantitative estimate of drug-likeness (QED) is 0.741. The molecule has 0 aromatic heterocycles. The molecule has 17 heavy (non-hydrogen) atoms. The third kappa shape index (κ3) is 2.58. The van der Waals surface area contributed by atoms with Gasteiger partial charge in [-0.3, -0.25) is 0 Å². The molecule has 2 aliphatic rings. The highest BCUT2D eigenvalue weighted by Crippen LogP contribution is 2.45. The van der Waals surface area contributed by atoms with Gasteiger partial charge in [-0.05, 0) is 25.7 Å². The van der Waals surface area contributed by atoms with Crippen LogP contribution in [0.2, 0.25) is 0 Å². The van der Waals surface area contributed by atoms with E-state index in [1.807, 2.05) is 6.08 Å². The largest absolute Gasteiger partial charge is 0.389 e. The predicted molar refractivity (Wildman–Crippen MR) is 69.8 cm³/mol. The topological polar surface area (TPSA) is 40.5 Å². The first-order chi connectivity index (χ1) is 8.11. The van der Waals surface area contributed by atoms with Gasteiger partial charge in [0.05, 0.1) is 11.2 Å². The molecule has 2 nitrogen and oxygen atoms in total. The Bertz CT molecular complexity index is 236. The van der Waals surface area contributed by atoms with Crippen molar-refractivity contribution in [2.75, 3.05) is 0 Å². The molecule has 2 heteroatoms. The average molecular weight is 238 g/mol. The van der Waals surface area contributed by atoms with Crippen LogP contribution < -0.4 is 0 Å². The second-order valence-electron chi connectivity index (χ2n) is 6.04. The Morgan fingerprint density at radius 1 is 0.765 bits per heavy atom. The van der Waals surface area contributed by atoms with Crippen molar-refractivity contribution in [1.29, 1.82) is 0 Å². The van der Waals surface area contributed by atoms with Crippen molar-refractivity contribution in [2.24, 2.45) is 5.92 Å². The summed E-state index contributed by atoms with van der Waals surface area (Å²) in [4.78, 5) is 0. The van der Waals surface area contributed by atoms with Gasteiger partial charge in [-0.15, -0.1) is 6.58 Å². The number of hydrogen-bond donors (Lipinski definition) is 2. The Morgan fingerprint density at radius 3 is 1.41 bits per heavy atom. The first-order valence-corrected chi connectivity index (χ1v) is 7.18. The zero-order valence-corrected chi connectivity index (χ0v) is 10.8. The minimum Gasteiger partial charge on any atom is -0.389 e. The second kappa shape index (κ2) is 5.11. The van der Waals surface area contributed by atoms with Gasteiger partial charge in [0, 0.05) is 5.92 Å². The Hall–Kier alpha value is -0.340. The zero-order chi connectivity index (χ0) is 12.4. The minimum absolute atomic E-state index is 0.143. The molecule has 2 rings (SSSR count). The van der Waals surface area contributed by atoms with E-state index in [2.05, 4.69) is 6.58 Å². The maximum Gasteiger partial charge on any atom is 0.0737 e. The summed E-state index contributed by atoms with van der Waals surface area (Å²) in [5.74, 6) is -0.143. The van der Waals surface area contributed by atoms with Gasteiger partial charge in [0.15, 0.2) is 0 Å². The SMILES string of the molecule is C=CC(C1(O)CCCCC1)C1(O)CCCCC1. The maximum atomic E-state index is 10.8. The molecule has 0 atom stereocenters. The van der Waals surface area contributed by atoms with E-state index < -0.39 is 11.2 Å². The molecule has 2 fully saturated rings. The van der Waals surface area contributed by atoms with E-state index in [1.54, 1.807) is 0 Å². The third-order valence-electron chi connectivity index (χ3n) is 4.83. The van der Waals surface area contributed by atoms with Gasteiger partial charge in [0.1, 0.15) is 0 Å². The molecule has 0 spiro atoms. The molecule has 0 aromatic carbocycles. The molecule has 0 aliphatic heterocycles. The van der Waals surface area contributed by atoms with Crippen LogP contribution in [0.25, 0.3) is 0 Å². The Labute approximate surface area is 105 Å². The van der Waals surface area contributed by atoms with Crippen LogP contribution in [0.1, 0.15) is 64.2 Å². The zero-order valence-electron chi connectivity index (χ0n) is 10.8. The lowest BCUT2D eigenvalue weighted by Crippen LogP contribution is -2.52. The molecule has 98 valence electrons. The fraction of sp³-hybridized carbons (Fsp3) is 0.867. The van der Waals surface area contributed by atoms with Crippen LogP contribution in [0.3, 0.4) is 0 Å². The lowest BCUT2D eigenvalue weighted by atomic mass is 9.64. The van der Waals surface area contributed by atoms with Crippen LogP contribution in [-0.2, 0) is 0 Å². The molecule has 0 unspecified atom stereocenters. The van der Waals surface area contributed by atoms with Crippen molar-refractivity contribution >= 4 is 0 Å². The van der Waals surface area contributed by atoms with E-state index in [0.29, 0.717) is 0 Å². The van der Waals surface area contributed by atoms with Crippen LogP contribution in [0.15, 0.2) is 12.7 Å². The fourth-order valence-electron chi connectivity index (χ4n) is 3.89. The standard InChI is InChI=1S/C15H26O2/c1-2-13(14(16)9-5-3-6-10-14)15(17)11-7-4-8-12-15/h2,13,16-17H,1,3-12H2. The number of hydrogen-bond acceptors (Lipinski definition) is 2. The van der Waals surface area contributed by atoms with E-state index in [4.69, 9.17) is 0 Å². The lowest BCUT2D eigenvalue weighted by Gasteiger charge is -2.47. The molecule has 0 aromatic rings. The summed E-state index contributed by atoms with van der Waals surface area (Å²) in [6.45, 7) is 3.88. The second-order valence-corrected chi connectivity index (χ2v) is 6.04. The van der Waals surface area contributed by atoms with Crippen molar-refractivity contribution < 1.29 is 10.2 Å². The summed E-state index contributed by atoms with van der Waals surface area (Å²) in [6, 6.07) is 0. The summed E-state index contributed by atoms with van der Waals surface area (Å²) in [5.41, 5.74) is -1.40. The highest BCUT2D eigenvalue weighted by molar-refractivity contribution is 5.07. The first-order valence-electron chi connectivity index (χ1n) is 7.18. The van der Waals surface area contributed by atoms with Gasteiger partial charge in [-0.2, -0.15) is 0 Å². The molecular weight excluding hydrogens is 212 g/mol. The van der Waals surface area contributed by atoms with Crippen molar-refractivity contribution in [3.8, 4) is 0 Å². The van der Waals surface area contributed by atoms with Gasteiger partial charge in [-0.25, -0.2) is 0 Å². The predicted octanol–water partition coefficient (Wildman–Crippen LogP) is 3.18. The molecule has 2 saturated carbocycles. The number of aliphatic hydroxyl groups is 2. The first kappa shape index (κ1) is 13.1. The third-order valence-corrected chi connectivity index (χ3v) is 4.83. The van der Waals surface area contributed by atoms with Crippen LogP contribution >= 0.6 is 0 Å². The molecule has 2 N–H and O–H groups in total. The van der Waals surface area contributed by atoms with Gasteiger partial charge in [-0.1, -0.05) is 44.6 Å². The molecule has 0 heterocycles. The van der Waals surface area contributed by atoms with E-state index in [1.165, 1.54) is 12.8 Å². The molecule has 0 amide bonds. The van der Waals surface area contributed by atoms with Crippen LogP contribution in [0, 0.1) is 5.92 Å². The van der Waals surface area contributed by atoms with Crippen molar-refractivity contribution in [2.45, 2.75) is 75.4 Å². The van der Waals surface area contributed by atoms with E-state index in [-0.39, 0.29) is 5.92 Å². The van der Waals surface area contributed by atoms with Crippen LogP contribution in [0.4, 0.5) is 0 Å². The summed E-state index contributed by atoms with van der Waals surface area (Å²) in [5, 5.41) is 21.6. The van der Waals surface area contributed by atoms with Gasteiger partial charge in [0.2, 0.25) is 0 Å². The fourth-order valence-corrected chi connectivity index (χ4v) is 3.89. The molecule has 2 aliphatic carbocycles. The summed E-state index contributed by atoms with van der Waals surface area (Å²) in [6.07, 6.45) is 11.9. The molecule has 0 radical (unpaired) electrons. The van der Waals surface area contributed by atoms with Crippen LogP contribution in [-0.4, -0.2) is 21.4 Å².